The van der Waals surface area contributed by atoms with Crippen molar-refractivity contribution in [2.75, 3.05) is 20.2 Å². The van der Waals surface area contributed by atoms with Gasteiger partial charge in [-0.05, 0) is 48.7 Å². The summed E-state index contributed by atoms with van der Waals surface area (Å²) in [7, 11) is 1.63. The Morgan fingerprint density at radius 2 is 2.00 bits per heavy atom. The van der Waals surface area contributed by atoms with Gasteiger partial charge >= 0.3 is 5.97 Å². The highest BCUT2D eigenvalue weighted by Gasteiger charge is 2.30. The minimum Gasteiger partial charge on any atom is -0.454 e. The normalized spacial score (nSPS) is 17.0. The van der Waals surface area contributed by atoms with Gasteiger partial charge in [-0.3, -0.25) is 19.5 Å². The van der Waals surface area contributed by atoms with E-state index in [2.05, 4.69) is 9.88 Å². The van der Waals surface area contributed by atoms with Gasteiger partial charge in [0.15, 0.2) is 6.61 Å². The van der Waals surface area contributed by atoms with Crippen molar-refractivity contribution in [2.24, 2.45) is 0 Å². The Bertz CT molecular complexity index is 814. The first-order chi connectivity index (χ1) is 14.0. The maximum Gasteiger partial charge on any atom is 0.323 e. The van der Waals surface area contributed by atoms with Crippen molar-refractivity contribution in [3.8, 4) is 0 Å². The third kappa shape index (κ3) is 6.09. The number of carbonyl (C=O) groups excluding carboxylic acids is 2. The van der Waals surface area contributed by atoms with E-state index in [1.165, 1.54) is 17.0 Å². The molecule has 0 aliphatic carbocycles. The number of hydrogen-bond donors (Lipinski definition) is 0. The molecule has 0 unspecified atom stereocenters. The van der Waals surface area contributed by atoms with Crippen LogP contribution in [0.3, 0.4) is 0 Å². The second-order valence-electron chi connectivity index (χ2n) is 7.33. The van der Waals surface area contributed by atoms with Gasteiger partial charge in [-0.1, -0.05) is 24.6 Å². The van der Waals surface area contributed by atoms with E-state index in [0.29, 0.717) is 13.1 Å². The number of amides is 1. The van der Waals surface area contributed by atoms with Gasteiger partial charge in [-0.2, -0.15) is 0 Å². The predicted molar refractivity (Wildman–Crippen MR) is 106 cm³/mol. The van der Waals surface area contributed by atoms with Gasteiger partial charge < -0.3 is 9.64 Å². The molecule has 0 radical (unpaired) electrons. The van der Waals surface area contributed by atoms with Crippen LogP contribution in [-0.4, -0.2) is 52.9 Å². The molecule has 154 valence electrons. The molecule has 6 nitrogen and oxygen atoms in total. The Kier molecular flexibility index (Phi) is 7.30. The van der Waals surface area contributed by atoms with Crippen molar-refractivity contribution in [2.45, 2.75) is 38.4 Å². The van der Waals surface area contributed by atoms with E-state index >= 15 is 0 Å². The summed E-state index contributed by atoms with van der Waals surface area (Å²) in [5.41, 5.74) is 1.85. The van der Waals surface area contributed by atoms with E-state index in [-0.39, 0.29) is 30.3 Å². The van der Waals surface area contributed by atoms with Crippen LogP contribution in [0.1, 0.15) is 30.4 Å². The summed E-state index contributed by atoms with van der Waals surface area (Å²) in [6, 6.07) is 9.48. The van der Waals surface area contributed by atoms with E-state index in [1.54, 1.807) is 31.6 Å². The summed E-state index contributed by atoms with van der Waals surface area (Å²) in [4.78, 5) is 32.6. The number of benzene rings is 1. The summed E-state index contributed by atoms with van der Waals surface area (Å²) in [6.45, 7) is 1.47. The number of hydrogen-bond acceptors (Lipinski definition) is 5. The Balaban J connectivity index is 1.51. The quantitative estimate of drug-likeness (QED) is 0.670. The fourth-order valence-corrected chi connectivity index (χ4v) is 3.46. The van der Waals surface area contributed by atoms with E-state index < -0.39 is 0 Å². The molecule has 1 aromatic carbocycles. The Hall–Kier alpha value is -2.80. The summed E-state index contributed by atoms with van der Waals surface area (Å²) in [6.07, 6.45) is 6.23. The molecule has 2 aromatic rings. The number of piperidine rings is 1. The third-order valence-electron chi connectivity index (χ3n) is 5.09. The summed E-state index contributed by atoms with van der Waals surface area (Å²) in [5.74, 6) is -0.977. The number of nitrogens with zero attached hydrogens (tertiary/aromatic N) is 3. The lowest BCUT2D eigenvalue weighted by Gasteiger charge is -2.34. The van der Waals surface area contributed by atoms with E-state index in [0.717, 1.165) is 36.9 Å². The second-order valence-corrected chi connectivity index (χ2v) is 7.33. The molecule has 0 spiro atoms. The van der Waals surface area contributed by atoms with Gasteiger partial charge in [0.05, 0.1) is 0 Å². The SMILES string of the molecule is CN(Cc1ccc(F)cc1)C(=O)COC(=O)[C@@H]1CCCCN1Cc1cccnc1. The minimum atomic E-state index is -0.364. The van der Waals surface area contributed by atoms with E-state index in [9.17, 15) is 14.0 Å². The van der Waals surface area contributed by atoms with Gasteiger partial charge in [0.25, 0.3) is 5.91 Å². The topological polar surface area (TPSA) is 62.7 Å². The third-order valence-corrected chi connectivity index (χ3v) is 5.09. The highest BCUT2D eigenvalue weighted by Crippen LogP contribution is 2.20. The van der Waals surface area contributed by atoms with Crippen molar-refractivity contribution in [1.82, 2.24) is 14.8 Å². The molecule has 0 N–H and O–H groups in total. The first kappa shape index (κ1) is 20.9. The van der Waals surface area contributed by atoms with Crippen molar-refractivity contribution < 1.29 is 18.7 Å². The minimum absolute atomic E-state index is 0.294. The number of likely N-dealkylation sites (N-methyl/N-ethyl adjacent to an activating group) is 1. The Labute approximate surface area is 170 Å². The fourth-order valence-electron chi connectivity index (χ4n) is 3.46. The highest BCUT2D eigenvalue weighted by atomic mass is 19.1. The van der Waals surface area contributed by atoms with Crippen LogP contribution in [0.15, 0.2) is 48.8 Å². The smallest absolute Gasteiger partial charge is 0.323 e. The van der Waals surface area contributed by atoms with Crippen molar-refractivity contribution >= 4 is 11.9 Å². The number of carbonyl (C=O) groups is 2. The van der Waals surface area contributed by atoms with Crippen molar-refractivity contribution in [3.05, 3.63) is 65.7 Å². The molecule has 7 heteroatoms. The molecular weight excluding hydrogens is 373 g/mol. The second kappa shape index (κ2) is 10.1. The maximum atomic E-state index is 13.0. The maximum absolute atomic E-state index is 13.0. The van der Waals surface area contributed by atoms with Crippen LogP contribution in [-0.2, 0) is 27.4 Å². The molecule has 1 aliphatic heterocycles. The number of ether oxygens (including phenoxy) is 1. The lowest BCUT2D eigenvalue weighted by atomic mass is 10.0. The van der Waals surface area contributed by atoms with Crippen molar-refractivity contribution in [1.29, 1.82) is 0 Å². The van der Waals surface area contributed by atoms with Crippen LogP contribution in [0, 0.1) is 5.82 Å². The standard InChI is InChI=1S/C22H26FN3O3/c1-25(14-17-7-9-19(23)10-8-17)21(27)16-29-22(28)20-6-2-3-12-26(20)15-18-5-4-11-24-13-18/h4-5,7-11,13,20H,2-3,6,12,14-16H2,1H3/t20-/m0/s1. The average molecular weight is 399 g/mol. The lowest BCUT2D eigenvalue weighted by Crippen LogP contribution is -2.45. The average Bonchev–Trinajstić information content (AvgIpc) is 2.74. The van der Waals surface area contributed by atoms with Crippen LogP contribution < -0.4 is 0 Å². The molecule has 0 bridgehead atoms. The fraction of sp³-hybridized carbons (Fsp3) is 0.409. The zero-order valence-corrected chi connectivity index (χ0v) is 16.6. The monoisotopic (exact) mass is 399 g/mol. The van der Waals surface area contributed by atoms with Crippen LogP contribution in [0.25, 0.3) is 0 Å². The Morgan fingerprint density at radius 1 is 1.21 bits per heavy atom. The predicted octanol–water partition coefficient (Wildman–Crippen LogP) is 2.78. The van der Waals surface area contributed by atoms with Gasteiger partial charge in [0.2, 0.25) is 0 Å². The molecule has 29 heavy (non-hydrogen) atoms. The van der Waals surface area contributed by atoms with E-state index in [1.807, 2.05) is 12.1 Å². The van der Waals surface area contributed by atoms with Gasteiger partial charge in [-0.15, -0.1) is 0 Å². The molecule has 1 fully saturated rings. The summed E-state index contributed by atoms with van der Waals surface area (Å²) < 4.78 is 18.3. The number of pyridine rings is 1. The van der Waals surface area contributed by atoms with Gasteiger partial charge in [-0.25, -0.2) is 4.39 Å². The number of likely N-dealkylation sites (tertiary alicyclic amines) is 1. The van der Waals surface area contributed by atoms with Crippen LogP contribution in [0.2, 0.25) is 0 Å². The van der Waals surface area contributed by atoms with Crippen molar-refractivity contribution in [3.63, 3.8) is 0 Å². The Morgan fingerprint density at radius 3 is 2.72 bits per heavy atom. The molecular formula is C22H26FN3O3. The summed E-state index contributed by atoms with van der Waals surface area (Å²) >= 11 is 0. The highest BCUT2D eigenvalue weighted by molar-refractivity contribution is 5.82. The first-order valence-electron chi connectivity index (χ1n) is 9.81. The largest absolute Gasteiger partial charge is 0.454 e. The number of halogens is 1. The number of rotatable bonds is 7. The van der Waals surface area contributed by atoms with Crippen LogP contribution >= 0.6 is 0 Å². The zero-order chi connectivity index (χ0) is 20.6. The lowest BCUT2D eigenvalue weighted by molar-refractivity contribution is -0.157. The summed E-state index contributed by atoms with van der Waals surface area (Å²) in [5, 5.41) is 0. The van der Waals surface area contributed by atoms with Gasteiger partial charge in [0, 0.05) is 32.5 Å². The number of esters is 1. The molecule has 1 saturated heterocycles. The van der Waals surface area contributed by atoms with E-state index in [4.69, 9.17) is 4.74 Å². The van der Waals surface area contributed by atoms with Crippen LogP contribution in [0.5, 0.6) is 0 Å². The molecule has 1 amide bonds. The molecule has 1 aliphatic rings. The molecule has 1 atom stereocenters. The first-order valence-corrected chi connectivity index (χ1v) is 9.81. The van der Waals surface area contributed by atoms with Gasteiger partial charge in [0.1, 0.15) is 11.9 Å². The zero-order valence-electron chi connectivity index (χ0n) is 16.6. The molecule has 1 aromatic heterocycles. The molecule has 3 rings (SSSR count). The molecule has 2 heterocycles. The number of aromatic nitrogens is 1. The molecule has 0 saturated carbocycles. The van der Waals surface area contributed by atoms with Crippen LogP contribution in [0.4, 0.5) is 4.39 Å².